The summed E-state index contributed by atoms with van der Waals surface area (Å²) in [4.78, 5) is 0. The summed E-state index contributed by atoms with van der Waals surface area (Å²) in [7, 11) is 0. The first-order valence-corrected chi connectivity index (χ1v) is 4.05. The van der Waals surface area contributed by atoms with Crippen molar-refractivity contribution >= 4 is 26.6 Å². The Kier molecular flexibility index (Phi) is 3.05. The quantitative estimate of drug-likeness (QED) is 0.725. The number of halogens is 1. The molecule has 1 aromatic rings. The van der Waals surface area contributed by atoms with Crippen LogP contribution in [0.4, 0.5) is 0 Å². The van der Waals surface area contributed by atoms with Crippen LogP contribution in [0.5, 0.6) is 0 Å². The van der Waals surface area contributed by atoms with Gasteiger partial charge in [-0.15, -0.1) is 0 Å². The molecule has 0 heterocycles. The maximum absolute atomic E-state index is 7.07. The summed E-state index contributed by atoms with van der Waals surface area (Å²) in [5.74, 6) is 0. The minimum atomic E-state index is 0.390. The van der Waals surface area contributed by atoms with Crippen LogP contribution in [0.1, 0.15) is 5.56 Å². The van der Waals surface area contributed by atoms with Gasteiger partial charge in [-0.3, -0.25) is 5.41 Å². The Morgan fingerprint density at radius 3 is 2.45 bits per heavy atom. The molecule has 0 aromatic heterocycles. The van der Waals surface area contributed by atoms with Crippen molar-refractivity contribution in [1.29, 1.82) is 5.41 Å². The molecule has 0 bridgehead atoms. The van der Waals surface area contributed by atoms with E-state index in [1.54, 1.807) is 6.08 Å². The van der Waals surface area contributed by atoms with E-state index in [9.17, 15) is 0 Å². The Hall–Kier alpha value is -0.890. The number of allylic oxidation sites excluding steroid dienone is 1. The smallest absolute Gasteiger partial charge is 0.0966 e. The summed E-state index contributed by atoms with van der Waals surface area (Å²) in [5.41, 5.74) is 1.11. The van der Waals surface area contributed by atoms with E-state index in [0.29, 0.717) is 4.62 Å². The third-order valence-electron chi connectivity index (χ3n) is 1.22. The predicted molar refractivity (Wildman–Crippen MR) is 52.1 cm³/mol. The maximum Gasteiger partial charge on any atom is 0.0966 e. The fourth-order valence-electron chi connectivity index (χ4n) is 0.734. The van der Waals surface area contributed by atoms with Crippen LogP contribution in [0.3, 0.4) is 0 Å². The summed E-state index contributed by atoms with van der Waals surface area (Å²) in [5, 5.41) is 7.07. The summed E-state index contributed by atoms with van der Waals surface area (Å²) in [6.45, 7) is 0. The molecule has 0 saturated carbocycles. The Morgan fingerprint density at radius 1 is 1.27 bits per heavy atom. The lowest BCUT2D eigenvalue weighted by Gasteiger charge is -1.88. The largest absolute Gasteiger partial charge is 0.293 e. The fourth-order valence-corrected chi connectivity index (χ4v) is 0.866. The van der Waals surface area contributed by atoms with E-state index in [0.717, 1.165) is 5.56 Å². The molecule has 11 heavy (non-hydrogen) atoms. The Balaban J connectivity index is 2.72. The molecule has 1 aromatic carbocycles. The van der Waals surface area contributed by atoms with Gasteiger partial charge in [0.1, 0.15) is 0 Å². The van der Waals surface area contributed by atoms with Gasteiger partial charge in [-0.05, 0) is 27.6 Å². The van der Waals surface area contributed by atoms with Crippen LogP contribution in [-0.4, -0.2) is 4.62 Å². The second kappa shape index (κ2) is 4.09. The average Bonchev–Trinajstić information content (AvgIpc) is 2.03. The monoisotopic (exact) mass is 209 g/mol. The van der Waals surface area contributed by atoms with Crippen molar-refractivity contribution in [2.45, 2.75) is 0 Å². The van der Waals surface area contributed by atoms with Gasteiger partial charge in [0.25, 0.3) is 0 Å². The summed E-state index contributed by atoms with van der Waals surface area (Å²) in [6.07, 6.45) is 3.59. The first-order valence-electron chi connectivity index (χ1n) is 3.26. The van der Waals surface area contributed by atoms with Gasteiger partial charge in [-0.1, -0.05) is 36.4 Å². The Bertz CT molecular complexity index is 264. The zero-order valence-electron chi connectivity index (χ0n) is 5.92. The van der Waals surface area contributed by atoms with Gasteiger partial charge < -0.3 is 0 Å². The topological polar surface area (TPSA) is 23.9 Å². The van der Waals surface area contributed by atoms with Crippen molar-refractivity contribution in [3.8, 4) is 0 Å². The zero-order valence-corrected chi connectivity index (χ0v) is 7.51. The normalized spacial score (nSPS) is 10.3. The van der Waals surface area contributed by atoms with Crippen LogP contribution in [0.15, 0.2) is 36.4 Å². The minimum Gasteiger partial charge on any atom is -0.293 e. The van der Waals surface area contributed by atoms with E-state index in [1.165, 1.54) is 0 Å². The Labute approximate surface area is 74.4 Å². The zero-order chi connectivity index (χ0) is 8.10. The van der Waals surface area contributed by atoms with Crippen LogP contribution in [-0.2, 0) is 0 Å². The number of nitrogens with one attached hydrogen (secondary N) is 1. The van der Waals surface area contributed by atoms with Crippen molar-refractivity contribution in [3.63, 3.8) is 0 Å². The standard InChI is InChI=1S/C9H8BrN/c10-9(11)7-6-8-4-2-1-3-5-8/h1-7,11H. The molecule has 1 rings (SSSR count). The van der Waals surface area contributed by atoms with Crippen LogP contribution in [0.2, 0.25) is 0 Å². The summed E-state index contributed by atoms with van der Waals surface area (Å²) >= 11 is 3.03. The van der Waals surface area contributed by atoms with E-state index >= 15 is 0 Å². The molecular formula is C9H8BrN. The molecule has 0 atom stereocenters. The van der Waals surface area contributed by atoms with Gasteiger partial charge in [0.05, 0.1) is 4.62 Å². The molecule has 2 heteroatoms. The second-order valence-electron chi connectivity index (χ2n) is 2.09. The lowest BCUT2D eigenvalue weighted by atomic mass is 10.2. The summed E-state index contributed by atoms with van der Waals surface area (Å²) < 4.78 is 0.390. The highest BCUT2D eigenvalue weighted by Gasteiger charge is 1.82. The molecule has 0 radical (unpaired) electrons. The number of benzene rings is 1. The average molecular weight is 210 g/mol. The molecule has 0 unspecified atom stereocenters. The lowest BCUT2D eigenvalue weighted by Crippen LogP contribution is -1.73. The summed E-state index contributed by atoms with van der Waals surface area (Å²) in [6, 6.07) is 9.89. The van der Waals surface area contributed by atoms with E-state index in [4.69, 9.17) is 5.41 Å². The maximum atomic E-state index is 7.07. The molecule has 0 spiro atoms. The third-order valence-corrected chi connectivity index (χ3v) is 1.49. The molecule has 0 fully saturated rings. The van der Waals surface area contributed by atoms with E-state index in [-0.39, 0.29) is 0 Å². The van der Waals surface area contributed by atoms with Crippen molar-refractivity contribution in [3.05, 3.63) is 42.0 Å². The van der Waals surface area contributed by atoms with Crippen LogP contribution >= 0.6 is 15.9 Å². The van der Waals surface area contributed by atoms with Gasteiger partial charge in [0.15, 0.2) is 0 Å². The first-order chi connectivity index (χ1) is 5.29. The fraction of sp³-hybridized carbons (Fsp3) is 0. The van der Waals surface area contributed by atoms with Gasteiger partial charge in [0.2, 0.25) is 0 Å². The predicted octanol–water partition coefficient (Wildman–Crippen LogP) is 3.07. The van der Waals surface area contributed by atoms with Gasteiger partial charge in [0, 0.05) is 0 Å². The molecule has 0 aliphatic rings. The number of hydrogen-bond acceptors (Lipinski definition) is 1. The Morgan fingerprint density at radius 2 is 1.91 bits per heavy atom. The van der Waals surface area contributed by atoms with Crippen LogP contribution < -0.4 is 0 Å². The number of rotatable bonds is 2. The van der Waals surface area contributed by atoms with E-state index < -0.39 is 0 Å². The lowest BCUT2D eigenvalue weighted by molar-refractivity contribution is 1.57. The minimum absolute atomic E-state index is 0.390. The molecule has 1 N–H and O–H groups in total. The van der Waals surface area contributed by atoms with E-state index in [2.05, 4.69) is 15.9 Å². The number of hydrogen-bond donors (Lipinski definition) is 1. The van der Waals surface area contributed by atoms with E-state index in [1.807, 2.05) is 36.4 Å². The van der Waals surface area contributed by atoms with Crippen LogP contribution in [0.25, 0.3) is 6.08 Å². The first kappa shape index (κ1) is 8.21. The molecule has 0 aliphatic heterocycles. The third kappa shape index (κ3) is 3.14. The second-order valence-corrected chi connectivity index (χ2v) is 2.95. The molecule has 0 aliphatic carbocycles. The van der Waals surface area contributed by atoms with Gasteiger partial charge >= 0.3 is 0 Å². The van der Waals surface area contributed by atoms with Crippen molar-refractivity contribution < 1.29 is 0 Å². The highest BCUT2D eigenvalue weighted by Crippen LogP contribution is 2.01. The van der Waals surface area contributed by atoms with Gasteiger partial charge in [-0.2, -0.15) is 0 Å². The molecule has 56 valence electrons. The van der Waals surface area contributed by atoms with Gasteiger partial charge in [-0.25, -0.2) is 0 Å². The molecule has 0 saturated heterocycles. The van der Waals surface area contributed by atoms with Crippen LogP contribution in [0, 0.1) is 5.41 Å². The van der Waals surface area contributed by atoms with Crippen molar-refractivity contribution in [2.75, 3.05) is 0 Å². The molecular weight excluding hydrogens is 202 g/mol. The highest BCUT2D eigenvalue weighted by atomic mass is 79.9. The molecule has 1 nitrogen and oxygen atoms in total. The SMILES string of the molecule is N=C(Br)C=Cc1ccccc1. The van der Waals surface area contributed by atoms with Crippen molar-refractivity contribution in [2.24, 2.45) is 0 Å². The molecule has 0 amide bonds. The van der Waals surface area contributed by atoms with Crippen molar-refractivity contribution in [1.82, 2.24) is 0 Å². The highest BCUT2D eigenvalue weighted by molar-refractivity contribution is 9.18.